The second-order valence-electron chi connectivity index (χ2n) is 6.45. The third kappa shape index (κ3) is 3.77. The summed E-state index contributed by atoms with van der Waals surface area (Å²) in [6.45, 7) is 5.54. The molecule has 0 saturated heterocycles. The zero-order valence-electron chi connectivity index (χ0n) is 14.8. The van der Waals surface area contributed by atoms with Gasteiger partial charge in [-0.15, -0.1) is 0 Å². The van der Waals surface area contributed by atoms with Gasteiger partial charge in [0.25, 0.3) is 5.56 Å². The number of H-pyrrole nitrogens is 2. The lowest BCUT2D eigenvalue weighted by Crippen LogP contribution is -2.22. The van der Waals surface area contributed by atoms with Gasteiger partial charge in [0.1, 0.15) is 10.6 Å². The molecule has 2 N–H and O–H groups in total. The SMILES string of the molecule is Cc1cc(OS(=O)(=O)c2ccc3[nH]c(=O)[nH]c(=O)c3c2)c(C(C)C)cc1Cl. The lowest BCUT2D eigenvalue weighted by Gasteiger charge is -2.15. The highest BCUT2D eigenvalue weighted by molar-refractivity contribution is 7.87. The summed E-state index contributed by atoms with van der Waals surface area (Å²) in [6.07, 6.45) is 0. The third-order valence-corrected chi connectivity index (χ3v) is 5.75. The fraction of sp³-hybridized carbons (Fsp3) is 0.222. The van der Waals surface area contributed by atoms with E-state index in [9.17, 15) is 18.0 Å². The first-order valence-corrected chi connectivity index (χ1v) is 9.88. The van der Waals surface area contributed by atoms with E-state index >= 15 is 0 Å². The lowest BCUT2D eigenvalue weighted by molar-refractivity contribution is 0.481. The molecule has 7 nitrogen and oxygen atoms in total. The molecule has 0 unspecified atom stereocenters. The highest BCUT2D eigenvalue weighted by Crippen LogP contribution is 2.33. The molecule has 3 rings (SSSR count). The zero-order chi connectivity index (χ0) is 19.9. The van der Waals surface area contributed by atoms with E-state index in [1.54, 1.807) is 19.1 Å². The van der Waals surface area contributed by atoms with Gasteiger partial charge in [0.15, 0.2) is 0 Å². The molecule has 0 bridgehead atoms. The molecule has 0 fully saturated rings. The van der Waals surface area contributed by atoms with E-state index in [1.165, 1.54) is 12.1 Å². The first-order chi connectivity index (χ1) is 12.6. The van der Waals surface area contributed by atoms with Crippen LogP contribution in [0.1, 0.15) is 30.9 Å². The van der Waals surface area contributed by atoms with Crippen LogP contribution in [-0.4, -0.2) is 18.4 Å². The van der Waals surface area contributed by atoms with Gasteiger partial charge < -0.3 is 9.17 Å². The van der Waals surface area contributed by atoms with Crippen LogP contribution in [0.15, 0.2) is 44.8 Å². The van der Waals surface area contributed by atoms with Crippen LogP contribution in [0.3, 0.4) is 0 Å². The lowest BCUT2D eigenvalue weighted by atomic mass is 10.0. The average molecular weight is 409 g/mol. The summed E-state index contributed by atoms with van der Waals surface area (Å²) in [5.41, 5.74) is 0.206. The molecular weight excluding hydrogens is 392 g/mol. The Morgan fingerprint density at radius 3 is 2.44 bits per heavy atom. The molecule has 0 saturated carbocycles. The van der Waals surface area contributed by atoms with Gasteiger partial charge in [-0.3, -0.25) is 9.78 Å². The van der Waals surface area contributed by atoms with Gasteiger partial charge in [0.2, 0.25) is 0 Å². The number of hydrogen-bond acceptors (Lipinski definition) is 5. The topological polar surface area (TPSA) is 109 Å². The van der Waals surface area contributed by atoms with E-state index in [0.717, 1.165) is 6.07 Å². The monoisotopic (exact) mass is 408 g/mol. The minimum Gasteiger partial charge on any atom is -0.379 e. The fourth-order valence-electron chi connectivity index (χ4n) is 2.66. The van der Waals surface area contributed by atoms with Crippen LogP contribution in [-0.2, 0) is 10.1 Å². The Morgan fingerprint density at radius 2 is 1.78 bits per heavy atom. The van der Waals surface area contributed by atoms with E-state index in [0.29, 0.717) is 16.1 Å². The van der Waals surface area contributed by atoms with Crippen LogP contribution < -0.4 is 15.4 Å². The number of aryl methyl sites for hydroxylation is 1. The molecular formula is C18H17ClN2O5S. The summed E-state index contributed by atoms with van der Waals surface area (Å²) in [5.74, 6) is 0.167. The first kappa shape index (κ1) is 19.2. The summed E-state index contributed by atoms with van der Waals surface area (Å²) < 4.78 is 30.9. The smallest absolute Gasteiger partial charge is 0.339 e. The molecule has 0 spiro atoms. The number of rotatable bonds is 4. The Hall–Kier alpha value is -2.58. The van der Waals surface area contributed by atoms with Crippen LogP contribution in [0.5, 0.6) is 5.75 Å². The molecule has 0 aliphatic carbocycles. The van der Waals surface area contributed by atoms with Crippen molar-refractivity contribution in [2.24, 2.45) is 0 Å². The number of aromatic nitrogens is 2. The van der Waals surface area contributed by atoms with Crippen molar-refractivity contribution in [2.75, 3.05) is 0 Å². The molecule has 1 heterocycles. The Bertz CT molecular complexity index is 1260. The zero-order valence-corrected chi connectivity index (χ0v) is 16.4. The molecule has 2 aromatic carbocycles. The molecule has 1 aromatic heterocycles. The molecule has 3 aromatic rings. The van der Waals surface area contributed by atoms with Gasteiger partial charge >= 0.3 is 15.8 Å². The highest BCUT2D eigenvalue weighted by Gasteiger charge is 2.21. The van der Waals surface area contributed by atoms with Crippen LogP contribution >= 0.6 is 11.6 Å². The van der Waals surface area contributed by atoms with Crippen LogP contribution in [0.4, 0.5) is 0 Å². The number of benzene rings is 2. The van der Waals surface area contributed by atoms with Gasteiger partial charge in [-0.2, -0.15) is 8.42 Å². The van der Waals surface area contributed by atoms with Crippen molar-refractivity contribution in [2.45, 2.75) is 31.6 Å². The molecule has 0 radical (unpaired) electrons. The van der Waals surface area contributed by atoms with Gasteiger partial charge in [-0.1, -0.05) is 25.4 Å². The van der Waals surface area contributed by atoms with Gasteiger partial charge in [-0.05, 0) is 54.3 Å². The van der Waals surface area contributed by atoms with Crippen molar-refractivity contribution in [1.29, 1.82) is 0 Å². The van der Waals surface area contributed by atoms with E-state index < -0.39 is 21.4 Å². The standard InChI is InChI=1S/C18H17ClN2O5S/c1-9(2)12-8-14(19)10(3)6-16(12)26-27(24,25)11-4-5-15-13(7-11)17(22)21-18(23)20-15/h4-9H,1-3H3,(H2,20,21,22,23). The van der Waals surface area contributed by atoms with Crippen molar-refractivity contribution in [3.8, 4) is 5.75 Å². The molecule has 0 aliphatic rings. The van der Waals surface area contributed by atoms with Crippen LogP contribution in [0.2, 0.25) is 5.02 Å². The maximum Gasteiger partial charge on any atom is 0.339 e. The second kappa shape index (κ2) is 6.86. The number of hydrogen-bond donors (Lipinski definition) is 2. The largest absolute Gasteiger partial charge is 0.379 e. The predicted octanol–water partition coefficient (Wildman–Crippen LogP) is 3.07. The van der Waals surface area contributed by atoms with Crippen molar-refractivity contribution in [3.63, 3.8) is 0 Å². The second-order valence-corrected chi connectivity index (χ2v) is 8.40. The quantitative estimate of drug-likeness (QED) is 0.645. The summed E-state index contributed by atoms with van der Waals surface area (Å²) in [4.78, 5) is 27.6. The Kier molecular flexibility index (Phi) is 4.88. The maximum absolute atomic E-state index is 12.8. The van der Waals surface area contributed by atoms with Crippen molar-refractivity contribution < 1.29 is 12.6 Å². The summed E-state index contributed by atoms with van der Waals surface area (Å²) in [6, 6.07) is 7.03. The molecule has 0 aliphatic heterocycles. The van der Waals surface area contributed by atoms with E-state index in [-0.39, 0.29) is 27.5 Å². The summed E-state index contributed by atoms with van der Waals surface area (Å²) in [5, 5.41) is 0.556. The molecule has 9 heteroatoms. The Morgan fingerprint density at radius 1 is 1.07 bits per heavy atom. The van der Waals surface area contributed by atoms with Crippen LogP contribution in [0, 0.1) is 6.92 Å². The number of fused-ring (bicyclic) bond motifs is 1. The predicted molar refractivity (Wildman–Crippen MR) is 103 cm³/mol. The van der Waals surface area contributed by atoms with Crippen molar-refractivity contribution in [1.82, 2.24) is 9.97 Å². The average Bonchev–Trinajstić information content (AvgIpc) is 2.57. The normalized spacial score (nSPS) is 11.9. The number of nitrogens with one attached hydrogen (secondary N) is 2. The van der Waals surface area contributed by atoms with Gasteiger partial charge in [-0.25, -0.2) is 4.79 Å². The van der Waals surface area contributed by atoms with Crippen molar-refractivity contribution in [3.05, 3.63) is 67.3 Å². The molecule has 142 valence electrons. The Labute approximate surface area is 160 Å². The van der Waals surface area contributed by atoms with Crippen LogP contribution in [0.25, 0.3) is 10.9 Å². The minimum atomic E-state index is -4.21. The molecule has 0 atom stereocenters. The van der Waals surface area contributed by atoms with E-state index in [2.05, 4.69) is 9.97 Å². The van der Waals surface area contributed by atoms with E-state index in [1.807, 2.05) is 13.8 Å². The minimum absolute atomic E-state index is 0.0159. The molecule has 27 heavy (non-hydrogen) atoms. The first-order valence-electron chi connectivity index (χ1n) is 8.09. The highest BCUT2D eigenvalue weighted by atomic mass is 35.5. The summed E-state index contributed by atoms with van der Waals surface area (Å²) in [7, 11) is -4.21. The maximum atomic E-state index is 12.8. The fourth-order valence-corrected chi connectivity index (χ4v) is 3.81. The number of aromatic amines is 2. The summed E-state index contributed by atoms with van der Waals surface area (Å²) >= 11 is 6.14. The van der Waals surface area contributed by atoms with Gasteiger partial charge in [0, 0.05) is 5.02 Å². The number of halogens is 1. The Balaban J connectivity index is 2.11. The molecule has 0 amide bonds. The van der Waals surface area contributed by atoms with Crippen molar-refractivity contribution >= 4 is 32.6 Å². The van der Waals surface area contributed by atoms with E-state index in [4.69, 9.17) is 15.8 Å². The third-order valence-electron chi connectivity index (χ3n) is 4.11. The van der Waals surface area contributed by atoms with Gasteiger partial charge in [0.05, 0.1) is 10.9 Å².